The third-order valence-electron chi connectivity index (χ3n) is 0.612. The van der Waals surface area contributed by atoms with Gasteiger partial charge in [0.05, 0.1) is 0 Å². The second kappa shape index (κ2) is 0.720. The third-order valence-corrected chi connectivity index (χ3v) is 1.84. The van der Waals surface area contributed by atoms with Gasteiger partial charge in [-0.1, -0.05) is 12.9 Å². The maximum absolute atomic E-state index is 2.29. The maximum atomic E-state index is 2.29. The quantitative estimate of drug-likeness (QED) is 0.293. The zero-order valence-electron chi connectivity index (χ0n) is 2.78. The summed E-state index contributed by atoms with van der Waals surface area (Å²) in [4.78, 5) is 0. The molecule has 0 nitrogen and oxygen atoms in total. The van der Waals surface area contributed by atoms with Crippen LogP contribution in [0.25, 0.3) is 0 Å². The van der Waals surface area contributed by atoms with Gasteiger partial charge in [-0.25, -0.2) is 0 Å². The molecular weight excluding hydrogens is 65.8 g/mol. The van der Waals surface area contributed by atoms with Gasteiger partial charge in [0.15, 0.2) is 6.43 Å². The first-order valence-corrected chi connectivity index (χ1v) is 2.91. The lowest BCUT2D eigenvalue weighted by atomic mass is 9.87. The summed E-state index contributed by atoms with van der Waals surface area (Å²) in [6.07, 6.45) is 1.11. The Hall–Kier alpha value is 0.495. The zero-order valence-corrected chi connectivity index (χ0v) is 3.78. The third kappa shape index (κ3) is 0.456. The van der Waals surface area contributed by atoms with Crippen molar-refractivity contribution >= 4 is 14.9 Å². The first kappa shape index (κ1) is 2.72. The van der Waals surface area contributed by atoms with Crippen molar-refractivity contribution in [2.45, 2.75) is 6.82 Å². The standard InChI is InChI=1S/C2H6BP/c1-3-2-4-3/h4H,2H2,1H3. The van der Waals surface area contributed by atoms with E-state index in [1.807, 2.05) is 0 Å². The van der Waals surface area contributed by atoms with Gasteiger partial charge in [-0.3, -0.25) is 0 Å². The van der Waals surface area contributed by atoms with Gasteiger partial charge in [-0.15, -0.1) is 0 Å². The summed E-state index contributed by atoms with van der Waals surface area (Å²) in [6.45, 7) is 2.29. The van der Waals surface area contributed by atoms with E-state index in [0.29, 0.717) is 0 Å². The lowest BCUT2D eigenvalue weighted by Gasteiger charge is -1.44. The fraction of sp³-hybridized carbons (Fsp3) is 1.00. The molecule has 0 amide bonds. The van der Waals surface area contributed by atoms with Crippen LogP contribution in [0.2, 0.25) is 6.82 Å². The van der Waals surface area contributed by atoms with Crippen molar-refractivity contribution in [3.8, 4) is 0 Å². The first-order chi connectivity index (χ1) is 1.89. The van der Waals surface area contributed by atoms with Crippen LogP contribution < -0.4 is 0 Å². The minimum Gasteiger partial charge on any atom is -0.162 e. The summed E-state index contributed by atoms with van der Waals surface area (Å²) < 4.78 is 0. The molecule has 1 aliphatic rings. The second-order valence-electron chi connectivity index (χ2n) is 1.31. The topological polar surface area (TPSA) is 0 Å². The molecule has 0 aromatic heterocycles. The van der Waals surface area contributed by atoms with E-state index in [0.717, 1.165) is 6.43 Å². The average molecular weight is 71.9 g/mol. The summed E-state index contributed by atoms with van der Waals surface area (Å²) in [7, 11) is 1.31. The number of rotatable bonds is 0. The summed E-state index contributed by atoms with van der Waals surface area (Å²) in [5, 5.41) is 0. The van der Waals surface area contributed by atoms with Gasteiger partial charge in [0.1, 0.15) is 0 Å². The fourth-order valence-corrected chi connectivity index (χ4v) is 0.354. The van der Waals surface area contributed by atoms with E-state index in [2.05, 4.69) is 6.82 Å². The van der Waals surface area contributed by atoms with E-state index in [9.17, 15) is 0 Å². The molecule has 0 aliphatic carbocycles. The lowest BCUT2D eigenvalue weighted by molar-refractivity contribution is 2.15. The molecule has 0 N–H and O–H groups in total. The SMILES string of the molecule is CB1CP1. The van der Waals surface area contributed by atoms with Gasteiger partial charge >= 0.3 is 0 Å². The highest BCUT2D eigenvalue weighted by Crippen LogP contribution is 2.32. The summed E-state index contributed by atoms with van der Waals surface area (Å²) in [5.41, 5.74) is 0. The minimum atomic E-state index is 1.11. The lowest BCUT2D eigenvalue weighted by Crippen LogP contribution is -1.66. The molecule has 4 heavy (non-hydrogen) atoms. The van der Waals surface area contributed by atoms with E-state index in [-0.39, 0.29) is 0 Å². The molecule has 1 rings (SSSR count). The molecule has 0 aromatic carbocycles. The van der Waals surface area contributed by atoms with Crippen LogP contribution in [-0.4, -0.2) is 12.5 Å². The molecule has 0 aromatic rings. The highest BCUT2D eigenvalue weighted by atomic mass is 31.1. The Bertz CT molecular complexity index is 25.2. The molecule has 1 fully saturated rings. The van der Waals surface area contributed by atoms with Crippen molar-refractivity contribution in [1.29, 1.82) is 0 Å². The highest BCUT2D eigenvalue weighted by Gasteiger charge is 2.17. The van der Waals surface area contributed by atoms with Gasteiger partial charge < -0.3 is 0 Å². The monoisotopic (exact) mass is 72.0 g/mol. The number of hydrogen-bond donors (Lipinski definition) is 0. The predicted octanol–water partition coefficient (Wildman–Crippen LogP) is 0.839. The molecular formula is C2H6BP. The Morgan fingerprint density at radius 1 is 2.00 bits per heavy atom. The van der Waals surface area contributed by atoms with Crippen LogP contribution >= 0.6 is 8.46 Å². The highest BCUT2D eigenvalue weighted by molar-refractivity contribution is 7.92. The van der Waals surface area contributed by atoms with Crippen LogP contribution in [0, 0.1) is 0 Å². The molecule has 22 valence electrons. The van der Waals surface area contributed by atoms with E-state index in [1.54, 1.807) is 0 Å². The Balaban J connectivity index is 2.17. The smallest absolute Gasteiger partial charge is 0.162 e. The van der Waals surface area contributed by atoms with Gasteiger partial charge in [0, 0.05) is 0 Å². The second-order valence-corrected chi connectivity index (χ2v) is 3.11. The van der Waals surface area contributed by atoms with Gasteiger partial charge in [0.25, 0.3) is 0 Å². The molecule has 1 unspecified atom stereocenters. The van der Waals surface area contributed by atoms with E-state index < -0.39 is 0 Å². The minimum absolute atomic E-state index is 1.11. The molecule has 0 radical (unpaired) electrons. The van der Waals surface area contributed by atoms with Crippen LogP contribution in [0.3, 0.4) is 0 Å². The Labute approximate surface area is 28.8 Å². The predicted molar refractivity (Wildman–Crippen MR) is 24.8 cm³/mol. The molecule has 1 saturated heterocycles. The molecule has 0 bridgehead atoms. The van der Waals surface area contributed by atoms with E-state index >= 15 is 0 Å². The van der Waals surface area contributed by atoms with Crippen LogP contribution in [-0.2, 0) is 0 Å². The van der Waals surface area contributed by atoms with E-state index in [1.165, 1.54) is 14.5 Å². The fourth-order valence-electron chi connectivity index (χ4n) is 0.118. The van der Waals surface area contributed by atoms with Gasteiger partial charge in [-0.2, -0.15) is 8.46 Å². The van der Waals surface area contributed by atoms with Crippen molar-refractivity contribution in [2.75, 3.05) is 6.06 Å². The van der Waals surface area contributed by atoms with Gasteiger partial charge in [0.2, 0.25) is 0 Å². The molecule has 2 heteroatoms. The first-order valence-electron chi connectivity index (χ1n) is 1.63. The normalized spacial score (nSPS) is 27.8. The van der Waals surface area contributed by atoms with Gasteiger partial charge in [-0.05, 0) is 0 Å². The maximum Gasteiger partial charge on any atom is 0.166 e. The molecule has 0 saturated carbocycles. The van der Waals surface area contributed by atoms with Crippen molar-refractivity contribution in [3.63, 3.8) is 0 Å². The Kier molecular flexibility index (Phi) is 0.489. The van der Waals surface area contributed by atoms with Crippen LogP contribution in [0.15, 0.2) is 0 Å². The zero-order chi connectivity index (χ0) is 2.99. The van der Waals surface area contributed by atoms with Crippen LogP contribution in [0.4, 0.5) is 0 Å². The molecule has 1 heterocycles. The summed E-state index contributed by atoms with van der Waals surface area (Å²) >= 11 is 0. The largest absolute Gasteiger partial charge is 0.166 e. The van der Waals surface area contributed by atoms with Crippen molar-refractivity contribution < 1.29 is 0 Å². The molecule has 1 atom stereocenters. The van der Waals surface area contributed by atoms with Crippen LogP contribution in [0.1, 0.15) is 0 Å². The van der Waals surface area contributed by atoms with Crippen molar-refractivity contribution in [1.82, 2.24) is 0 Å². The average Bonchev–Trinajstić information content (AvgIpc) is 1.75. The Morgan fingerprint density at radius 3 is 2.25 bits per heavy atom. The van der Waals surface area contributed by atoms with Crippen LogP contribution in [0.5, 0.6) is 0 Å². The number of hydrogen-bond acceptors (Lipinski definition) is 0. The van der Waals surface area contributed by atoms with Crippen molar-refractivity contribution in [2.24, 2.45) is 0 Å². The molecule has 1 aliphatic heterocycles. The van der Waals surface area contributed by atoms with Crippen molar-refractivity contribution in [3.05, 3.63) is 0 Å². The summed E-state index contributed by atoms with van der Waals surface area (Å²) in [6, 6.07) is 1.51. The summed E-state index contributed by atoms with van der Waals surface area (Å²) in [5.74, 6) is 0. The molecule has 0 spiro atoms. The Morgan fingerprint density at radius 2 is 2.25 bits per heavy atom. The van der Waals surface area contributed by atoms with E-state index in [4.69, 9.17) is 0 Å².